The van der Waals surface area contributed by atoms with Crippen molar-refractivity contribution in [3.63, 3.8) is 0 Å². The molecule has 0 bridgehead atoms. The third-order valence-electron chi connectivity index (χ3n) is 3.90. The highest BCUT2D eigenvalue weighted by molar-refractivity contribution is 7.13. The number of para-hydroxylation sites is 2. The lowest BCUT2D eigenvalue weighted by atomic mass is 10.2. The van der Waals surface area contributed by atoms with E-state index in [0.29, 0.717) is 17.2 Å². The molecule has 2 aromatic carbocycles. The van der Waals surface area contributed by atoms with Crippen molar-refractivity contribution in [2.75, 3.05) is 7.11 Å². The minimum atomic E-state index is -0.488. The number of oxazole rings is 1. The molecule has 2 aromatic heterocycles. The quantitative estimate of drug-likeness (QED) is 0.349. The molecule has 28 heavy (non-hydrogen) atoms. The number of carbonyl (C=O) groups excluding carboxylic acids is 1. The van der Waals surface area contributed by atoms with Crippen LogP contribution in [0.25, 0.3) is 27.7 Å². The predicted octanol–water partition coefficient (Wildman–Crippen LogP) is 4.72. The van der Waals surface area contributed by atoms with Crippen LogP contribution in [-0.2, 0) is 16.1 Å². The van der Waals surface area contributed by atoms with Crippen LogP contribution in [0.1, 0.15) is 11.6 Å². The molecule has 2 heterocycles. The first-order valence-electron chi connectivity index (χ1n) is 8.50. The fourth-order valence-corrected chi connectivity index (χ4v) is 3.36. The number of thiazole rings is 1. The summed E-state index contributed by atoms with van der Waals surface area (Å²) in [7, 11) is 1.63. The molecule has 140 valence electrons. The molecule has 0 fully saturated rings. The number of aromatic nitrogens is 2. The first-order valence-corrected chi connectivity index (χ1v) is 9.38. The summed E-state index contributed by atoms with van der Waals surface area (Å²) in [5.41, 5.74) is 3.05. The molecule has 7 heteroatoms. The molecule has 6 nitrogen and oxygen atoms in total. The van der Waals surface area contributed by atoms with Crippen molar-refractivity contribution in [1.82, 2.24) is 9.97 Å². The molecule has 0 N–H and O–H groups in total. The fraction of sp³-hybridized carbons (Fsp3) is 0.0952. The van der Waals surface area contributed by atoms with Crippen LogP contribution in [0.5, 0.6) is 5.75 Å². The van der Waals surface area contributed by atoms with Crippen LogP contribution in [0.3, 0.4) is 0 Å². The van der Waals surface area contributed by atoms with Gasteiger partial charge in [0.05, 0.1) is 12.8 Å². The van der Waals surface area contributed by atoms with Gasteiger partial charge in [-0.15, -0.1) is 11.3 Å². The summed E-state index contributed by atoms with van der Waals surface area (Å²) in [6.45, 7) is 0.0944. The number of carbonyl (C=O) groups is 1. The van der Waals surface area contributed by atoms with E-state index in [2.05, 4.69) is 9.97 Å². The Kier molecular flexibility index (Phi) is 5.16. The number of benzene rings is 2. The second kappa shape index (κ2) is 8.06. The topological polar surface area (TPSA) is 74.5 Å². The zero-order valence-corrected chi connectivity index (χ0v) is 15.8. The van der Waals surface area contributed by atoms with Crippen LogP contribution in [-0.4, -0.2) is 23.0 Å². The molecule has 0 amide bonds. The Morgan fingerprint density at radius 2 is 2.07 bits per heavy atom. The monoisotopic (exact) mass is 392 g/mol. The van der Waals surface area contributed by atoms with E-state index in [4.69, 9.17) is 13.9 Å². The van der Waals surface area contributed by atoms with Crippen molar-refractivity contribution in [3.05, 3.63) is 71.6 Å². The standard InChI is InChI=1S/C21H16N2O4S/c1-25-16-6-4-5-14(11-16)21-22-15(13-28-21)12-26-20(24)10-9-19-23-17-7-2-3-8-18(17)27-19/h2-11,13H,12H2,1H3/b10-9+. The van der Waals surface area contributed by atoms with Gasteiger partial charge in [0.1, 0.15) is 22.9 Å². The van der Waals surface area contributed by atoms with Gasteiger partial charge in [-0.05, 0) is 24.3 Å². The van der Waals surface area contributed by atoms with E-state index in [1.54, 1.807) is 7.11 Å². The number of methoxy groups -OCH3 is 1. The summed E-state index contributed by atoms with van der Waals surface area (Å²) in [6.07, 6.45) is 2.78. The van der Waals surface area contributed by atoms with Crippen molar-refractivity contribution in [2.24, 2.45) is 0 Å². The van der Waals surface area contributed by atoms with Gasteiger partial charge < -0.3 is 13.9 Å². The van der Waals surface area contributed by atoms with E-state index in [1.807, 2.05) is 53.9 Å². The van der Waals surface area contributed by atoms with E-state index in [9.17, 15) is 4.79 Å². The molecule has 0 atom stereocenters. The molecule has 4 rings (SSSR count). The van der Waals surface area contributed by atoms with E-state index in [0.717, 1.165) is 21.8 Å². The molecule has 4 aromatic rings. The van der Waals surface area contributed by atoms with Gasteiger partial charge in [0.15, 0.2) is 5.58 Å². The predicted molar refractivity (Wildman–Crippen MR) is 107 cm³/mol. The largest absolute Gasteiger partial charge is 0.497 e. The van der Waals surface area contributed by atoms with Gasteiger partial charge in [-0.3, -0.25) is 0 Å². The number of nitrogens with zero attached hydrogens (tertiary/aromatic N) is 2. The van der Waals surface area contributed by atoms with Crippen LogP contribution in [0.4, 0.5) is 0 Å². The van der Waals surface area contributed by atoms with Gasteiger partial charge >= 0.3 is 5.97 Å². The maximum Gasteiger partial charge on any atom is 0.331 e. The molecular weight excluding hydrogens is 376 g/mol. The van der Waals surface area contributed by atoms with E-state index in [-0.39, 0.29) is 6.61 Å². The number of hydrogen-bond donors (Lipinski definition) is 0. The summed E-state index contributed by atoms with van der Waals surface area (Å²) < 4.78 is 16.0. The van der Waals surface area contributed by atoms with Crippen LogP contribution in [0.2, 0.25) is 0 Å². The van der Waals surface area contributed by atoms with Gasteiger partial charge in [-0.1, -0.05) is 24.3 Å². The Morgan fingerprint density at radius 3 is 2.93 bits per heavy atom. The van der Waals surface area contributed by atoms with Crippen molar-refractivity contribution < 1.29 is 18.7 Å². The molecule has 0 aliphatic carbocycles. The minimum Gasteiger partial charge on any atom is -0.497 e. The molecule has 0 saturated heterocycles. The summed E-state index contributed by atoms with van der Waals surface area (Å²) in [5, 5.41) is 2.71. The van der Waals surface area contributed by atoms with Crippen molar-refractivity contribution >= 4 is 34.5 Å². The SMILES string of the molecule is COc1cccc(-c2nc(COC(=O)/C=C/c3nc4ccccc4o3)cs2)c1. The smallest absolute Gasteiger partial charge is 0.331 e. The summed E-state index contributed by atoms with van der Waals surface area (Å²) >= 11 is 1.49. The maximum absolute atomic E-state index is 11.9. The number of esters is 1. The lowest BCUT2D eigenvalue weighted by molar-refractivity contribution is -0.139. The second-order valence-electron chi connectivity index (χ2n) is 5.84. The second-order valence-corrected chi connectivity index (χ2v) is 6.69. The van der Waals surface area contributed by atoms with Crippen LogP contribution >= 0.6 is 11.3 Å². The Bertz CT molecular complexity index is 1110. The third kappa shape index (κ3) is 4.10. The molecule has 0 radical (unpaired) electrons. The summed E-state index contributed by atoms with van der Waals surface area (Å²) in [6, 6.07) is 15.1. The minimum absolute atomic E-state index is 0.0944. The van der Waals surface area contributed by atoms with Crippen molar-refractivity contribution in [2.45, 2.75) is 6.61 Å². The van der Waals surface area contributed by atoms with Gasteiger partial charge in [-0.25, -0.2) is 14.8 Å². The van der Waals surface area contributed by atoms with Gasteiger partial charge in [-0.2, -0.15) is 0 Å². The third-order valence-corrected chi connectivity index (χ3v) is 4.84. The lowest BCUT2D eigenvalue weighted by Crippen LogP contribution is -2.01. The Labute approximate surface area is 165 Å². The van der Waals surface area contributed by atoms with E-state index in [1.165, 1.54) is 23.5 Å². The van der Waals surface area contributed by atoms with Crippen molar-refractivity contribution in [1.29, 1.82) is 0 Å². The normalized spacial score (nSPS) is 11.2. The number of rotatable bonds is 6. The lowest BCUT2D eigenvalue weighted by Gasteiger charge is -2.01. The molecule has 0 aliphatic heterocycles. The first-order chi connectivity index (χ1) is 13.7. The summed E-state index contributed by atoms with van der Waals surface area (Å²) in [5.74, 6) is 0.635. The zero-order valence-electron chi connectivity index (χ0n) is 15.0. The van der Waals surface area contributed by atoms with Crippen LogP contribution < -0.4 is 4.74 Å². The first kappa shape index (κ1) is 17.9. The fourth-order valence-electron chi connectivity index (χ4n) is 2.56. The Morgan fingerprint density at radius 1 is 1.18 bits per heavy atom. The van der Waals surface area contributed by atoms with Crippen molar-refractivity contribution in [3.8, 4) is 16.3 Å². The zero-order chi connectivity index (χ0) is 19.3. The molecule has 0 saturated carbocycles. The molecular formula is C21H16N2O4S. The van der Waals surface area contributed by atoms with E-state index >= 15 is 0 Å². The summed E-state index contributed by atoms with van der Waals surface area (Å²) in [4.78, 5) is 20.7. The molecule has 0 unspecified atom stereocenters. The molecule has 0 aliphatic rings. The van der Waals surface area contributed by atoms with Gasteiger partial charge in [0, 0.05) is 23.1 Å². The average Bonchev–Trinajstić information content (AvgIpc) is 3.37. The number of hydrogen-bond acceptors (Lipinski definition) is 7. The highest BCUT2D eigenvalue weighted by atomic mass is 32.1. The highest BCUT2D eigenvalue weighted by Gasteiger charge is 2.08. The van der Waals surface area contributed by atoms with Crippen LogP contribution in [0.15, 0.2) is 64.4 Å². The average molecular weight is 392 g/mol. The van der Waals surface area contributed by atoms with Crippen LogP contribution in [0, 0.1) is 0 Å². The van der Waals surface area contributed by atoms with E-state index < -0.39 is 5.97 Å². The number of ether oxygens (including phenoxy) is 2. The number of fused-ring (bicyclic) bond motifs is 1. The Hall–Kier alpha value is -3.45. The highest BCUT2D eigenvalue weighted by Crippen LogP contribution is 2.27. The van der Waals surface area contributed by atoms with Gasteiger partial charge in [0.2, 0.25) is 5.89 Å². The maximum atomic E-state index is 11.9. The molecule has 0 spiro atoms. The Balaban J connectivity index is 1.36. The van der Waals surface area contributed by atoms with Gasteiger partial charge in [0.25, 0.3) is 0 Å².